The fourth-order valence-electron chi connectivity index (χ4n) is 8.02. The van der Waals surface area contributed by atoms with Crippen LogP contribution in [0.3, 0.4) is 0 Å². The van der Waals surface area contributed by atoms with Crippen molar-refractivity contribution < 1.29 is 62.2 Å². The van der Waals surface area contributed by atoms with E-state index in [1.807, 2.05) is 62.9 Å². The summed E-state index contributed by atoms with van der Waals surface area (Å²) in [6.07, 6.45) is 8.70. The van der Waals surface area contributed by atoms with Gasteiger partial charge in [0.15, 0.2) is 18.1 Å². The molecule has 0 unspecified atom stereocenters. The highest BCUT2D eigenvalue weighted by Crippen LogP contribution is 2.38. The van der Waals surface area contributed by atoms with Crippen molar-refractivity contribution in [2.24, 2.45) is 5.18 Å². The monoisotopic (exact) mass is 1030 g/mol. The third kappa shape index (κ3) is 14.8. The van der Waals surface area contributed by atoms with E-state index in [-0.39, 0.29) is 60.0 Å². The van der Waals surface area contributed by atoms with Crippen LogP contribution in [-0.4, -0.2) is 135 Å². The Hall–Kier alpha value is -8.49. The number of ketones is 2. The molecular weight excluding hydrogens is 969 g/mol. The molecule has 0 spiro atoms. The number of methoxy groups -OCH3 is 2. The lowest BCUT2D eigenvalue weighted by molar-refractivity contribution is -0.142. The molecule has 2 aliphatic rings. The summed E-state index contributed by atoms with van der Waals surface area (Å²) in [6.45, 7) is 6.79. The Kier molecular flexibility index (Phi) is 19.7. The largest absolute Gasteiger partial charge is 0.508 e. The Morgan fingerprint density at radius 1 is 0.667 bits per heavy atom. The lowest BCUT2D eigenvalue weighted by atomic mass is 10.1. The summed E-state index contributed by atoms with van der Waals surface area (Å²) in [7, 11) is 11.5. The van der Waals surface area contributed by atoms with Crippen LogP contribution in [0.4, 0.5) is 4.79 Å². The van der Waals surface area contributed by atoms with E-state index in [0.29, 0.717) is 29.2 Å². The van der Waals surface area contributed by atoms with E-state index in [1.165, 1.54) is 24.3 Å². The number of hydrogen-bond donors (Lipinski definition) is 2. The number of phenolic OH excluding ortho intramolecular Hbond substituents is 1. The smallest absolute Gasteiger partial charge is 0.413 e. The minimum absolute atomic E-state index is 0.0695. The number of rotatable bonds is 19. The predicted octanol–water partition coefficient (Wildman–Crippen LogP) is 8.11. The van der Waals surface area contributed by atoms with Crippen LogP contribution < -0.4 is 29.0 Å². The van der Waals surface area contributed by atoms with E-state index in [0.717, 1.165) is 77.7 Å². The van der Waals surface area contributed by atoms with Gasteiger partial charge in [-0.1, -0.05) is 5.18 Å². The van der Waals surface area contributed by atoms with E-state index in [4.69, 9.17) is 28.4 Å². The first-order valence-corrected chi connectivity index (χ1v) is 24.1. The van der Waals surface area contributed by atoms with Crippen LogP contribution in [0.25, 0.3) is 34.0 Å². The highest BCUT2D eigenvalue weighted by molar-refractivity contribution is 6.16. The molecule has 6 aromatic rings. The Labute approximate surface area is 433 Å². The second-order valence-electron chi connectivity index (χ2n) is 17.5. The number of benzene rings is 4. The van der Waals surface area contributed by atoms with Crippen LogP contribution in [0.1, 0.15) is 58.5 Å². The Morgan fingerprint density at radius 3 is 1.63 bits per heavy atom. The molecule has 2 N–H and O–H groups in total. The number of esters is 2. The molecule has 8 rings (SSSR count). The van der Waals surface area contributed by atoms with Crippen molar-refractivity contribution in [3.63, 3.8) is 0 Å². The molecule has 0 bridgehead atoms. The van der Waals surface area contributed by atoms with Crippen molar-refractivity contribution in [1.82, 2.24) is 24.3 Å². The molecule has 0 radical (unpaired) electrons. The van der Waals surface area contributed by atoms with Gasteiger partial charge in [0, 0.05) is 70.5 Å². The molecule has 2 aromatic heterocycles. The minimum atomic E-state index is -0.825. The highest BCUT2D eigenvalue weighted by Gasteiger charge is 2.30. The number of nitrogens with zero attached hydrogens (tertiary/aromatic N) is 5. The van der Waals surface area contributed by atoms with Crippen LogP contribution in [0.2, 0.25) is 0 Å². The third-order valence-electron chi connectivity index (χ3n) is 11.5. The second-order valence-corrected chi connectivity index (χ2v) is 17.5. The number of phenols is 1. The molecule has 0 saturated carbocycles. The highest BCUT2D eigenvalue weighted by atomic mass is 16.6. The van der Waals surface area contributed by atoms with E-state index >= 15 is 0 Å². The van der Waals surface area contributed by atoms with E-state index in [2.05, 4.69) is 48.3 Å². The van der Waals surface area contributed by atoms with E-state index in [9.17, 15) is 34.0 Å². The van der Waals surface area contributed by atoms with Gasteiger partial charge in [-0.2, -0.15) is 4.91 Å². The lowest BCUT2D eigenvalue weighted by Gasteiger charge is -2.10. The average molecular weight is 1030 g/mol. The van der Waals surface area contributed by atoms with Gasteiger partial charge in [-0.05, 0) is 141 Å². The number of Topliss-reactive ketones (excluding diaryl/α,β-unsaturated/α-hetero) is 2. The number of carbonyl (C=O) groups excluding carboxylic acids is 5. The zero-order chi connectivity index (χ0) is 54.2. The molecule has 1 amide bonds. The first kappa shape index (κ1) is 55.8. The minimum Gasteiger partial charge on any atom is -0.508 e. The van der Waals surface area contributed by atoms with Gasteiger partial charge in [0.2, 0.25) is 11.6 Å². The summed E-state index contributed by atoms with van der Waals surface area (Å²) >= 11 is 0. The number of nitrogens with one attached hydrogen (secondary N) is 1. The number of amides is 1. The summed E-state index contributed by atoms with van der Waals surface area (Å²) < 4.78 is 41.1. The van der Waals surface area contributed by atoms with E-state index in [1.54, 1.807) is 52.4 Å². The molecule has 0 aliphatic carbocycles. The van der Waals surface area contributed by atoms with Crippen molar-refractivity contribution in [1.29, 1.82) is 0 Å². The number of aryl methyl sites for hydroxylation is 2. The van der Waals surface area contributed by atoms with Gasteiger partial charge in [0.05, 0.1) is 38.6 Å². The van der Waals surface area contributed by atoms with Crippen LogP contribution in [-0.2, 0) is 32.2 Å². The molecule has 75 heavy (non-hydrogen) atoms. The first-order valence-electron chi connectivity index (χ1n) is 24.1. The van der Waals surface area contributed by atoms with Crippen molar-refractivity contribution in [3.8, 4) is 34.5 Å². The van der Waals surface area contributed by atoms with Gasteiger partial charge in [0.25, 0.3) is 0 Å². The maximum atomic E-state index is 13.1. The Bertz CT molecular complexity index is 3110. The lowest BCUT2D eigenvalue weighted by Crippen LogP contribution is -2.32. The standard InChI is InChI=1S/C28H31N3O7.C23H24N2O4.C4H7NO3/c1-5-36-26(32)16-29-28(34)37-20-7-9-21-24(15-20)38-25(27(21)33)13-18-17-31(12-6-11-30(2)3)23-10-8-19(35-4)14-22(18)23;1-24(2)9-4-10-25-14-15(19-13-17(28-3)6-8-20(19)25)11-22-23(27)18-7-5-16(26)12-21(18)29-22;1-2-8-4(6)3-5-7/h7-10,13-15,17H,5-6,11-12,16H2,1-4H3,(H,29,34);5-8,11-14,26H,4,9-10H2,1-3H3;2-3H2,1H3/b25-13-;22-11-;. The molecule has 4 aromatic carbocycles. The fourth-order valence-corrected chi connectivity index (χ4v) is 8.02. The summed E-state index contributed by atoms with van der Waals surface area (Å²) in [6, 6.07) is 20.9. The van der Waals surface area contributed by atoms with Crippen molar-refractivity contribution in [3.05, 3.63) is 124 Å². The molecule has 4 heterocycles. The SMILES string of the molecule is CCOC(=O)CN=O.CCOC(=O)CNC(=O)Oc1ccc2c(c1)O/C(=C\c1cn(CCCN(C)C)c3ccc(OC)cc13)C2=O.COc1ccc2c(c1)c(/C=C1\Oc3cc(O)ccc3C1=O)cn2CCCN(C)C. The maximum absolute atomic E-state index is 13.1. The van der Waals surface area contributed by atoms with Gasteiger partial charge >= 0.3 is 18.0 Å². The quantitative estimate of drug-likeness (QED) is 0.0444. The average Bonchev–Trinajstić information content (AvgIpc) is 4.10. The van der Waals surface area contributed by atoms with Crippen LogP contribution >= 0.6 is 0 Å². The van der Waals surface area contributed by atoms with Gasteiger partial charge in [-0.25, -0.2) is 9.59 Å². The molecular formula is C55H62N6O14. The second kappa shape index (κ2) is 26.5. The Balaban J connectivity index is 0.000000218. The molecule has 20 nitrogen and oxygen atoms in total. The van der Waals surface area contributed by atoms with E-state index < -0.39 is 18.0 Å². The number of nitroso groups, excluding NO2 is 1. The zero-order valence-electron chi connectivity index (χ0n) is 43.3. The number of aromatic nitrogens is 2. The third-order valence-corrected chi connectivity index (χ3v) is 11.5. The molecule has 0 saturated heterocycles. The van der Waals surface area contributed by atoms with Crippen LogP contribution in [0.15, 0.2) is 102 Å². The zero-order valence-corrected chi connectivity index (χ0v) is 43.3. The molecule has 0 atom stereocenters. The Morgan fingerprint density at radius 2 is 1.15 bits per heavy atom. The van der Waals surface area contributed by atoms with Gasteiger partial charge < -0.3 is 62.5 Å². The van der Waals surface area contributed by atoms with Gasteiger partial charge in [0.1, 0.15) is 41.0 Å². The number of carbonyl (C=O) groups is 5. The number of allylic oxidation sites excluding steroid dienone is 2. The first-order chi connectivity index (χ1) is 36.0. The van der Waals surface area contributed by atoms with Crippen molar-refractivity contribution in [2.45, 2.75) is 39.8 Å². The maximum Gasteiger partial charge on any atom is 0.413 e. The summed E-state index contributed by atoms with van der Waals surface area (Å²) in [5.41, 5.74) is 4.66. The number of fused-ring (bicyclic) bond motifs is 4. The molecule has 2 aliphatic heterocycles. The number of hydrogen-bond acceptors (Lipinski definition) is 17. The molecule has 0 fully saturated rings. The van der Waals surface area contributed by atoms with Crippen molar-refractivity contribution in [2.75, 3.05) is 81.8 Å². The fraction of sp³-hybridized carbons (Fsp3) is 0.327. The summed E-state index contributed by atoms with van der Waals surface area (Å²) in [4.78, 5) is 73.0. The topological polar surface area (TPSA) is 228 Å². The predicted molar refractivity (Wildman–Crippen MR) is 282 cm³/mol. The summed E-state index contributed by atoms with van der Waals surface area (Å²) in [5.74, 6) is 1.20. The number of aromatic hydroxyl groups is 1. The molecule has 20 heteroatoms. The summed E-state index contributed by atoms with van der Waals surface area (Å²) in [5, 5.41) is 16.2. The molecule has 396 valence electrons. The number of ether oxygens (including phenoxy) is 7. The van der Waals surface area contributed by atoms with Crippen molar-refractivity contribution >= 4 is 63.6 Å². The normalized spacial score (nSPS) is 13.4. The van der Waals surface area contributed by atoms with Gasteiger partial charge in [-0.15, -0.1) is 0 Å². The van der Waals surface area contributed by atoms with Crippen LogP contribution in [0.5, 0.6) is 34.5 Å². The van der Waals surface area contributed by atoms with Gasteiger partial charge in [-0.3, -0.25) is 14.4 Å². The van der Waals surface area contributed by atoms with Crippen LogP contribution in [0, 0.1) is 4.91 Å².